The molecule has 1 aliphatic rings. The molecule has 1 saturated heterocycles. The number of likely N-dealkylation sites (tertiary alicyclic amines) is 1. The van der Waals surface area contributed by atoms with Gasteiger partial charge >= 0.3 is 5.97 Å². The van der Waals surface area contributed by atoms with E-state index in [1.165, 1.54) is 29.9 Å². The van der Waals surface area contributed by atoms with Gasteiger partial charge in [0.2, 0.25) is 23.6 Å². The van der Waals surface area contributed by atoms with Crippen LogP contribution < -0.4 is 22.1 Å². The van der Waals surface area contributed by atoms with Crippen LogP contribution in [-0.4, -0.2) is 90.3 Å². The van der Waals surface area contributed by atoms with Crippen LogP contribution >= 0.6 is 0 Å². The van der Waals surface area contributed by atoms with Crippen molar-refractivity contribution < 1.29 is 29.1 Å². The van der Waals surface area contributed by atoms with Crippen LogP contribution in [0.3, 0.4) is 0 Å². The lowest BCUT2D eigenvalue weighted by Crippen LogP contribution is -2.58. The fourth-order valence-corrected chi connectivity index (χ4v) is 3.99. The number of carboxylic acid groups (broad SMARTS) is 1. The highest BCUT2D eigenvalue weighted by atomic mass is 16.4. The minimum Gasteiger partial charge on any atom is -0.480 e. The van der Waals surface area contributed by atoms with Gasteiger partial charge < -0.3 is 42.1 Å². The zero-order valence-electron chi connectivity index (χ0n) is 19.3. The third kappa shape index (κ3) is 6.88. The molecule has 15 nitrogen and oxygen atoms in total. The molecule has 0 aromatic carbocycles. The van der Waals surface area contributed by atoms with Gasteiger partial charge in [-0.05, 0) is 12.8 Å². The second-order valence-electron chi connectivity index (χ2n) is 8.49. The van der Waals surface area contributed by atoms with E-state index < -0.39 is 60.2 Å². The van der Waals surface area contributed by atoms with Crippen molar-refractivity contribution in [3.63, 3.8) is 0 Å². The summed E-state index contributed by atoms with van der Waals surface area (Å²) < 4.78 is 0. The van der Waals surface area contributed by atoms with Gasteiger partial charge in [0.1, 0.15) is 18.1 Å². The summed E-state index contributed by atoms with van der Waals surface area (Å²) in [5.41, 5.74) is 11.9. The van der Waals surface area contributed by atoms with E-state index in [-0.39, 0.29) is 19.4 Å². The Labute approximate surface area is 205 Å². The van der Waals surface area contributed by atoms with Gasteiger partial charge in [-0.25, -0.2) is 14.8 Å². The number of H-pyrrole nitrogens is 2. The number of nitrogens with two attached hydrogens (primary N) is 2. The molecule has 2 aromatic rings. The standard InChI is InChI=1S/C21H29N9O6/c22-13(6-17(23)31)18(32)28-14(4-11-7-24-9-26-11)19(33)29-15(5-12-8-25-10-27-12)20(34)30-3-1-2-16(30)21(35)36/h7-10,13-16H,1-6,22H2,(H2,23,31)(H,24,26)(H,25,27)(H,28,32)(H,29,33)(H,35,36). The number of aliphatic carboxylic acids is 1. The molecule has 36 heavy (non-hydrogen) atoms. The molecule has 15 heteroatoms. The lowest BCUT2D eigenvalue weighted by molar-refractivity contribution is -0.149. The van der Waals surface area contributed by atoms with Crippen molar-refractivity contribution in [1.29, 1.82) is 0 Å². The van der Waals surface area contributed by atoms with Gasteiger partial charge in [-0.1, -0.05) is 0 Å². The normalized spacial score (nSPS) is 17.7. The topological polar surface area (TPSA) is 242 Å². The van der Waals surface area contributed by atoms with E-state index in [0.29, 0.717) is 24.2 Å². The molecule has 4 unspecified atom stereocenters. The molecule has 4 amide bonds. The Bertz CT molecular complexity index is 1070. The molecule has 3 heterocycles. The Kier molecular flexibility index (Phi) is 8.72. The van der Waals surface area contributed by atoms with Crippen LogP contribution in [0.5, 0.6) is 0 Å². The Morgan fingerprint density at radius 2 is 1.61 bits per heavy atom. The zero-order chi connectivity index (χ0) is 26.2. The summed E-state index contributed by atoms with van der Waals surface area (Å²) in [7, 11) is 0. The van der Waals surface area contributed by atoms with Crippen molar-refractivity contribution in [3.05, 3.63) is 36.4 Å². The van der Waals surface area contributed by atoms with Crippen molar-refractivity contribution in [3.8, 4) is 0 Å². The molecule has 1 aliphatic heterocycles. The summed E-state index contributed by atoms with van der Waals surface area (Å²) in [4.78, 5) is 76.7. The fourth-order valence-electron chi connectivity index (χ4n) is 3.99. The van der Waals surface area contributed by atoms with Gasteiger partial charge in [0.15, 0.2) is 0 Å². The summed E-state index contributed by atoms with van der Waals surface area (Å²) in [5.74, 6) is -3.97. The lowest BCUT2D eigenvalue weighted by Gasteiger charge is -2.28. The first-order chi connectivity index (χ1) is 17.2. The number of primary amides is 1. The van der Waals surface area contributed by atoms with E-state index >= 15 is 0 Å². The van der Waals surface area contributed by atoms with Crippen molar-refractivity contribution >= 4 is 29.6 Å². The zero-order valence-corrected chi connectivity index (χ0v) is 19.3. The summed E-state index contributed by atoms with van der Waals surface area (Å²) >= 11 is 0. The lowest BCUT2D eigenvalue weighted by atomic mass is 10.1. The second kappa shape index (κ2) is 11.9. The van der Waals surface area contributed by atoms with E-state index in [1.54, 1.807) is 0 Å². The molecule has 0 radical (unpaired) electrons. The molecule has 1 fully saturated rings. The first-order valence-electron chi connectivity index (χ1n) is 11.3. The molecule has 0 spiro atoms. The predicted molar refractivity (Wildman–Crippen MR) is 123 cm³/mol. The molecule has 0 bridgehead atoms. The highest BCUT2D eigenvalue weighted by molar-refractivity contribution is 5.95. The maximum absolute atomic E-state index is 13.4. The SMILES string of the molecule is NC(=O)CC(N)C(=O)NC(Cc1cnc[nH]1)C(=O)NC(Cc1cnc[nH]1)C(=O)N1CCCC1C(=O)O. The molecule has 0 aliphatic carbocycles. The van der Waals surface area contributed by atoms with Gasteiger partial charge in [0.25, 0.3) is 0 Å². The minimum absolute atomic E-state index is 0.0132. The second-order valence-corrected chi connectivity index (χ2v) is 8.49. The molecule has 0 saturated carbocycles. The quantitative estimate of drug-likeness (QED) is 0.157. The minimum atomic E-state index is -1.28. The molecule has 194 valence electrons. The third-order valence-corrected chi connectivity index (χ3v) is 5.78. The number of amides is 4. The largest absolute Gasteiger partial charge is 0.480 e. The molecular weight excluding hydrogens is 474 g/mol. The number of hydrogen-bond acceptors (Lipinski definition) is 8. The average Bonchev–Trinajstić information content (AvgIpc) is 3.59. The van der Waals surface area contributed by atoms with Gasteiger partial charge in [0.05, 0.1) is 25.1 Å². The number of aromatic amines is 2. The van der Waals surface area contributed by atoms with Gasteiger partial charge in [-0.2, -0.15) is 0 Å². The molecule has 9 N–H and O–H groups in total. The number of imidazole rings is 2. The first kappa shape index (κ1) is 26.3. The highest BCUT2D eigenvalue weighted by Crippen LogP contribution is 2.19. The average molecular weight is 504 g/mol. The molecule has 3 rings (SSSR count). The van der Waals surface area contributed by atoms with Gasteiger partial charge in [0, 0.05) is 43.2 Å². The van der Waals surface area contributed by atoms with Crippen molar-refractivity contribution in [2.45, 2.75) is 56.3 Å². The van der Waals surface area contributed by atoms with Crippen molar-refractivity contribution in [2.75, 3.05) is 6.54 Å². The van der Waals surface area contributed by atoms with E-state index in [1.807, 2.05) is 0 Å². The smallest absolute Gasteiger partial charge is 0.326 e. The van der Waals surface area contributed by atoms with Crippen LogP contribution in [0.2, 0.25) is 0 Å². The van der Waals surface area contributed by atoms with Crippen LogP contribution in [0.15, 0.2) is 25.0 Å². The number of carbonyl (C=O) groups is 5. The summed E-state index contributed by atoms with van der Waals surface area (Å²) in [5, 5.41) is 14.6. The predicted octanol–water partition coefficient (Wildman–Crippen LogP) is -2.83. The summed E-state index contributed by atoms with van der Waals surface area (Å²) in [6.45, 7) is 0.238. The Balaban J connectivity index is 1.80. The number of nitrogens with one attached hydrogen (secondary N) is 4. The number of carboxylic acids is 1. The first-order valence-corrected chi connectivity index (χ1v) is 11.3. The number of carbonyl (C=O) groups excluding carboxylic acids is 4. The van der Waals surface area contributed by atoms with Gasteiger partial charge in [-0.15, -0.1) is 0 Å². The van der Waals surface area contributed by atoms with E-state index in [2.05, 4.69) is 30.6 Å². The maximum Gasteiger partial charge on any atom is 0.326 e. The molecular formula is C21H29N9O6. The Hall–Kier alpha value is -4.27. The van der Waals surface area contributed by atoms with Crippen LogP contribution in [0.4, 0.5) is 0 Å². The van der Waals surface area contributed by atoms with Crippen LogP contribution in [-0.2, 0) is 36.8 Å². The monoisotopic (exact) mass is 503 g/mol. The highest BCUT2D eigenvalue weighted by Gasteiger charge is 2.38. The van der Waals surface area contributed by atoms with Crippen LogP contribution in [0.25, 0.3) is 0 Å². The maximum atomic E-state index is 13.4. The van der Waals surface area contributed by atoms with E-state index in [9.17, 15) is 29.1 Å². The summed E-state index contributed by atoms with van der Waals surface area (Å²) in [6, 6.07) is -4.60. The van der Waals surface area contributed by atoms with E-state index in [4.69, 9.17) is 11.5 Å². The summed E-state index contributed by atoms with van der Waals surface area (Å²) in [6.07, 6.45) is 6.16. The van der Waals surface area contributed by atoms with E-state index in [0.717, 1.165) is 0 Å². The molecule has 4 atom stereocenters. The van der Waals surface area contributed by atoms with Crippen molar-refractivity contribution in [1.82, 2.24) is 35.5 Å². The molecule has 2 aromatic heterocycles. The Morgan fingerprint density at radius 1 is 1.03 bits per heavy atom. The number of nitrogens with zero attached hydrogens (tertiary/aromatic N) is 3. The van der Waals surface area contributed by atoms with Crippen LogP contribution in [0.1, 0.15) is 30.7 Å². The van der Waals surface area contributed by atoms with Crippen LogP contribution in [0, 0.1) is 0 Å². The van der Waals surface area contributed by atoms with Crippen molar-refractivity contribution in [2.24, 2.45) is 11.5 Å². The third-order valence-electron chi connectivity index (χ3n) is 5.78. The fraction of sp³-hybridized carbons (Fsp3) is 0.476. The Morgan fingerprint density at radius 3 is 2.14 bits per heavy atom. The number of rotatable bonds is 12. The van der Waals surface area contributed by atoms with Gasteiger partial charge in [-0.3, -0.25) is 19.2 Å². The number of hydrogen-bond donors (Lipinski definition) is 7. The number of aromatic nitrogens is 4.